The first-order valence-corrected chi connectivity index (χ1v) is 13.6. The number of nitrogens with one attached hydrogen (secondary N) is 2. The fourth-order valence-corrected chi connectivity index (χ4v) is 5.66. The first-order chi connectivity index (χ1) is 19.8. The molecular formula is C31H30FN5O3S. The number of nitrogens with zero attached hydrogens (tertiary/aromatic N) is 3. The number of pyridine rings is 1. The number of aromatic nitrogens is 2. The molecule has 1 saturated heterocycles. The maximum atomic E-state index is 14.1. The molecule has 5 rings (SSSR count). The van der Waals surface area contributed by atoms with Gasteiger partial charge in [-0.1, -0.05) is 18.2 Å². The van der Waals surface area contributed by atoms with Crippen LogP contribution in [0.15, 0.2) is 79.0 Å². The monoisotopic (exact) mass is 571 g/mol. The van der Waals surface area contributed by atoms with Crippen molar-refractivity contribution in [3.8, 4) is 5.69 Å². The molecule has 0 bridgehead atoms. The third-order valence-electron chi connectivity index (χ3n) is 7.26. The molecule has 0 aliphatic carbocycles. The molecule has 0 radical (unpaired) electrons. The lowest BCUT2D eigenvalue weighted by molar-refractivity contribution is -0.116. The lowest BCUT2D eigenvalue weighted by atomic mass is 9.96. The van der Waals surface area contributed by atoms with Gasteiger partial charge in [-0.05, 0) is 86.2 Å². The number of carbonyl (C=O) groups excluding carboxylic acids is 2. The summed E-state index contributed by atoms with van der Waals surface area (Å²) in [6.07, 6.45) is 1.85. The number of hydrogen-bond acceptors (Lipinski definition) is 5. The number of para-hydroxylation sites is 1. The Hall–Kier alpha value is -4.57. The summed E-state index contributed by atoms with van der Waals surface area (Å²) in [5.41, 5.74) is 5.36. The van der Waals surface area contributed by atoms with Crippen molar-refractivity contribution in [1.29, 1.82) is 0 Å². The lowest BCUT2D eigenvalue weighted by Gasteiger charge is -2.28. The molecule has 0 spiro atoms. The first kappa shape index (κ1) is 28.0. The van der Waals surface area contributed by atoms with E-state index in [1.807, 2.05) is 49.1 Å². The normalized spacial score (nSPS) is 16.4. The highest BCUT2D eigenvalue weighted by atomic mass is 32.1. The smallest absolute Gasteiger partial charge is 0.337 e. The molecule has 210 valence electrons. The Morgan fingerprint density at radius 3 is 2.49 bits per heavy atom. The fourth-order valence-electron chi connectivity index (χ4n) is 5.33. The third-order valence-corrected chi connectivity index (χ3v) is 7.61. The van der Waals surface area contributed by atoms with Crippen molar-refractivity contribution < 1.29 is 18.7 Å². The number of amides is 1. The van der Waals surface area contributed by atoms with Crippen LogP contribution in [0, 0.1) is 19.7 Å². The van der Waals surface area contributed by atoms with Gasteiger partial charge in [0.25, 0.3) is 0 Å². The van der Waals surface area contributed by atoms with Crippen molar-refractivity contribution in [2.45, 2.75) is 32.4 Å². The van der Waals surface area contributed by atoms with Crippen molar-refractivity contribution in [1.82, 2.24) is 19.8 Å². The van der Waals surface area contributed by atoms with E-state index in [4.69, 9.17) is 17.0 Å². The van der Waals surface area contributed by atoms with Gasteiger partial charge >= 0.3 is 5.97 Å². The summed E-state index contributed by atoms with van der Waals surface area (Å²) in [6.45, 7) is 4.38. The van der Waals surface area contributed by atoms with Crippen LogP contribution in [0.3, 0.4) is 0 Å². The van der Waals surface area contributed by atoms with E-state index < -0.39 is 11.8 Å². The quantitative estimate of drug-likeness (QED) is 0.216. The minimum absolute atomic E-state index is 0.106. The summed E-state index contributed by atoms with van der Waals surface area (Å²) < 4.78 is 21.0. The molecule has 8 nitrogen and oxygen atoms in total. The predicted octanol–water partition coefficient (Wildman–Crippen LogP) is 5.42. The summed E-state index contributed by atoms with van der Waals surface area (Å²) in [5.74, 6) is -1.19. The Morgan fingerprint density at radius 1 is 1.07 bits per heavy atom. The van der Waals surface area contributed by atoms with Gasteiger partial charge in [0.1, 0.15) is 5.82 Å². The molecule has 2 atom stereocenters. The fraction of sp³-hybridized carbons (Fsp3) is 0.226. The molecule has 1 aliphatic rings. The summed E-state index contributed by atoms with van der Waals surface area (Å²) in [6, 6.07) is 20.7. The van der Waals surface area contributed by atoms with E-state index in [9.17, 15) is 14.0 Å². The number of halogens is 1. The minimum atomic E-state index is -0.487. The zero-order valence-electron chi connectivity index (χ0n) is 22.9. The molecule has 1 fully saturated rings. The van der Waals surface area contributed by atoms with Crippen LogP contribution in [-0.2, 0) is 9.53 Å². The van der Waals surface area contributed by atoms with Crippen molar-refractivity contribution in [2.24, 2.45) is 0 Å². The summed E-state index contributed by atoms with van der Waals surface area (Å²) >= 11 is 5.77. The molecule has 4 aromatic rings. The van der Waals surface area contributed by atoms with Gasteiger partial charge in [-0.15, -0.1) is 0 Å². The number of hydrogen-bond donors (Lipinski definition) is 2. The Kier molecular flexibility index (Phi) is 8.11. The van der Waals surface area contributed by atoms with Gasteiger partial charge in [-0.3, -0.25) is 9.78 Å². The SMILES string of the molecule is COC(=O)c1ccc(-n2c(C)cc([C@@H]3[C@H](c4ccccn4)NC(=S)N3CCC(=O)Nc3ccccc3F)c2C)cc1. The van der Waals surface area contributed by atoms with E-state index in [0.717, 1.165) is 28.3 Å². The van der Waals surface area contributed by atoms with Gasteiger partial charge in [0.2, 0.25) is 5.91 Å². The molecule has 0 saturated carbocycles. The number of aryl methyl sites for hydroxylation is 1. The topological polar surface area (TPSA) is 88.5 Å². The molecule has 3 heterocycles. The second-order valence-electron chi connectivity index (χ2n) is 9.80. The largest absolute Gasteiger partial charge is 0.465 e. The van der Waals surface area contributed by atoms with Crippen molar-refractivity contribution >= 4 is 34.9 Å². The number of benzene rings is 2. The molecule has 0 unspecified atom stereocenters. The number of methoxy groups -OCH3 is 1. The Bertz CT molecular complexity index is 1590. The second-order valence-corrected chi connectivity index (χ2v) is 10.2. The molecule has 10 heteroatoms. The Labute approximate surface area is 243 Å². The van der Waals surface area contributed by atoms with Gasteiger partial charge in [-0.2, -0.15) is 0 Å². The van der Waals surface area contributed by atoms with Crippen LogP contribution in [0.2, 0.25) is 0 Å². The van der Waals surface area contributed by atoms with E-state index in [1.54, 1.807) is 30.5 Å². The number of anilines is 1. The van der Waals surface area contributed by atoms with E-state index in [1.165, 1.54) is 19.2 Å². The molecular weight excluding hydrogens is 541 g/mol. The maximum absolute atomic E-state index is 14.1. The predicted molar refractivity (Wildman–Crippen MR) is 158 cm³/mol. The second kappa shape index (κ2) is 11.9. The van der Waals surface area contributed by atoms with Crippen LogP contribution in [-0.4, -0.2) is 45.1 Å². The average Bonchev–Trinajstić information content (AvgIpc) is 3.47. The van der Waals surface area contributed by atoms with Gasteiger partial charge in [0.15, 0.2) is 5.11 Å². The zero-order chi connectivity index (χ0) is 29.1. The Balaban J connectivity index is 1.47. The summed E-state index contributed by atoms with van der Waals surface area (Å²) in [4.78, 5) is 31.3. The molecule has 1 aliphatic heterocycles. The zero-order valence-corrected chi connectivity index (χ0v) is 23.7. The molecule has 1 amide bonds. The average molecular weight is 572 g/mol. The number of rotatable bonds is 8. The number of thiocarbonyl (C=S) groups is 1. The third kappa shape index (κ3) is 5.69. The van der Waals surface area contributed by atoms with Crippen LogP contribution in [0.4, 0.5) is 10.1 Å². The number of carbonyl (C=O) groups is 2. The molecule has 41 heavy (non-hydrogen) atoms. The van der Waals surface area contributed by atoms with E-state index in [2.05, 4.69) is 26.3 Å². The Morgan fingerprint density at radius 2 is 1.80 bits per heavy atom. The van der Waals surface area contributed by atoms with Gasteiger partial charge in [0.05, 0.1) is 36.1 Å². The van der Waals surface area contributed by atoms with E-state index in [0.29, 0.717) is 17.2 Å². The summed E-state index contributed by atoms with van der Waals surface area (Å²) in [7, 11) is 1.36. The van der Waals surface area contributed by atoms with Crippen LogP contribution in [0.5, 0.6) is 0 Å². The molecule has 2 aromatic heterocycles. The van der Waals surface area contributed by atoms with Crippen LogP contribution in [0.1, 0.15) is 51.5 Å². The highest BCUT2D eigenvalue weighted by Gasteiger charge is 2.41. The number of ether oxygens (including phenoxy) is 1. The van der Waals surface area contributed by atoms with E-state index >= 15 is 0 Å². The van der Waals surface area contributed by atoms with Crippen LogP contribution in [0.25, 0.3) is 5.69 Å². The molecule has 2 N–H and O–H groups in total. The highest BCUT2D eigenvalue weighted by Crippen LogP contribution is 2.41. The summed E-state index contributed by atoms with van der Waals surface area (Å²) in [5, 5.41) is 6.58. The van der Waals surface area contributed by atoms with Crippen molar-refractivity contribution in [3.05, 3.63) is 113 Å². The van der Waals surface area contributed by atoms with Gasteiger partial charge < -0.3 is 24.8 Å². The van der Waals surface area contributed by atoms with Crippen LogP contribution < -0.4 is 10.6 Å². The standard InChI is InChI=1S/C31H30FN5O3S/c1-19-18-23(20(2)37(19)22-13-11-21(12-14-22)30(39)40-3)29-28(26-10-6-7-16-33-26)35-31(41)36(29)17-15-27(38)34-25-9-5-4-8-24(25)32/h4-14,16,18,28-29H,15,17H2,1-3H3,(H,34,38)(H,35,41)/t28-,29+/m0/s1. The van der Waals surface area contributed by atoms with Crippen molar-refractivity contribution in [2.75, 3.05) is 19.0 Å². The van der Waals surface area contributed by atoms with Gasteiger partial charge in [0, 0.05) is 36.2 Å². The minimum Gasteiger partial charge on any atom is -0.465 e. The van der Waals surface area contributed by atoms with Crippen molar-refractivity contribution in [3.63, 3.8) is 0 Å². The van der Waals surface area contributed by atoms with E-state index in [-0.39, 0.29) is 30.1 Å². The number of esters is 1. The first-order valence-electron chi connectivity index (χ1n) is 13.2. The lowest BCUT2D eigenvalue weighted by Crippen LogP contribution is -2.33. The van der Waals surface area contributed by atoms with Gasteiger partial charge in [-0.25, -0.2) is 9.18 Å². The molecule has 2 aromatic carbocycles. The van der Waals surface area contributed by atoms with Crippen LogP contribution >= 0.6 is 12.2 Å². The highest BCUT2D eigenvalue weighted by molar-refractivity contribution is 7.80. The maximum Gasteiger partial charge on any atom is 0.337 e.